The summed E-state index contributed by atoms with van der Waals surface area (Å²) in [7, 11) is 1.79. The molecule has 0 saturated carbocycles. The van der Waals surface area contributed by atoms with Gasteiger partial charge in [-0.15, -0.1) is 0 Å². The lowest BCUT2D eigenvalue weighted by Crippen LogP contribution is -2.46. The predicted molar refractivity (Wildman–Crippen MR) is 108 cm³/mol. The highest BCUT2D eigenvalue weighted by molar-refractivity contribution is 5.79. The minimum Gasteiger partial charge on any atom is -0.465 e. The molecule has 8 nitrogen and oxygen atoms in total. The summed E-state index contributed by atoms with van der Waals surface area (Å²) in [6, 6.07) is 4.24. The fourth-order valence-corrected chi connectivity index (χ4v) is 3.52. The fourth-order valence-electron chi connectivity index (χ4n) is 3.52. The van der Waals surface area contributed by atoms with Crippen LogP contribution in [0.2, 0.25) is 0 Å². The number of rotatable bonds is 9. The van der Waals surface area contributed by atoms with Gasteiger partial charge in [-0.1, -0.05) is 0 Å². The number of aryl methyl sites for hydroxylation is 1. The Hall–Kier alpha value is -1.61. The van der Waals surface area contributed by atoms with E-state index in [-0.39, 0.29) is 12.1 Å². The summed E-state index contributed by atoms with van der Waals surface area (Å²) < 4.78 is 22.5. The summed E-state index contributed by atoms with van der Waals surface area (Å²) in [5, 5.41) is 6.81. The molecule has 2 fully saturated rings. The third-order valence-corrected chi connectivity index (χ3v) is 5.12. The highest BCUT2D eigenvalue weighted by Crippen LogP contribution is 2.23. The van der Waals surface area contributed by atoms with Crippen LogP contribution in [-0.2, 0) is 14.2 Å². The molecular formula is C20H34N4O4. The molecule has 0 spiro atoms. The van der Waals surface area contributed by atoms with Crippen LogP contribution < -0.4 is 10.6 Å². The second kappa shape index (κ2) is 11.4. The summed E-state index contributed by atoms with van der Waals surface area (Å²) in [4.78, 5) is 6.74. The van der Waals surface area contributed by atoms with Crippen LogP contribution in [0.25, 0.3) is 0 Å². The Balaban J connectivity index is 1.42. The first-order valence-electron chi connectivity index (χ1n) is 10.3. The molecule has 0 aromatic carbocycles. The van der Waals surface area contributed by atoms with Crippen LogP contribution >= 0.6 is 0 Å². The maximum absolute atomic E-state index is 5.92. The van der Waals surface area contributed by atoms with E-state index in [1.54, 1.807) is 7.05 Å². The van der Waals surface area contributed by atoms with Crippen molar-refractivity contribution in [3.63, 3.8) is 0 Å². The first kappa shape index (κ1) is 21.1. The van der Waals surface area contributed by atoms with Crippen molar-refractivity contribution in [1.29, 1.82) is 0 Å². The number of aliphatic imine (C=N–C) groups is 1. The first-order valence-corrected chi connectivity index (χ1v) is 10.3. The van der Waals surface area contributed by atoms with Gasteiger partial charge in [0.25, 0.3) is 0 Å². The van der Waals surface area contributed by atoms with Gasteiger partial charge in [0.1, 0.15) is 11.5 Å². The van der Waals surface area contributed by atoms with Gasteiger partial charge in [-0.3, -0.25) is 9.89 Å². The van der Waals surface area contributed by atoms with Crippen molar-refractivity contribution in [2.24, 2.45) is 4.99 Å². The monoisotopic (exact) mass is 394 g/mol. The predicted octanol–water partition coefficient (Wildman–Crippen LogP) is 1.32. The number of guanidine groups is 1. The molecule has 2 aliphatic rings. The Morgan fingerprint density at radius 1 is 1.25 bits per heavy atom. The van der Waals surface area contributed by atoms with E-state index in [1.807, 2.05) is 13.0 Å². The minimum atomic E-state index is 0.154. The SMILES string of the molecule is CN=C(NCCCOC1CCOC1)NCC(c1ccc(C)o1)N1CCOCC1. The average molecular weight is 395 g/mol. The second-order valence-corrected chi connectivity index (χ2v) is 7.20. The lowest BCUT2D eigenvalue weighted by molar-refractivity contribution is 0.0124. The van der Waals surface area contributed by atoms with E-state index >= 15 is 0 Å². The molecular weight excluding hydrogens is 360 g/mol. The number of morpholine rings is 1. The van der Waals surface area contributed by atoms with Gasteiger partial charge in [0.2, 0.25) is 0 Å². The van der Waals surface area contributed by atoms with Crippen molar-refractivity contribution in [1.82, 2.24) is 15.5 Å². The van der Waals surface area contributed by atoms with Gasteiger partial charge in [-0.25, -0.2) is 0 Å². The molecule has 0 radical (unpaired) electrons. The lowest BCUT2D eigenvalue weighted by Gasteiger charge is -2.33. The normalized spacial score (nSPS) is 22.4. The largest absolute Gasteiger partial charge is 0.465 e. The van der Waals surface area contributed by atoms with Gasteiger partial charge < -0.3 is 29.3 Å². The number of hydrogen-bond acceptors (Lipinski definition) is 6. The molecule has 3 rings (SSSR count). The molecule has 8 heteroatoms. The van der Waals surface area contributed by atoms with Gasteiger partial charge >= 0.3 is 0 Å². The smallest absolute Gasteiger partial charge is 0.191 e. The molecule has 28 heavy (non-hydrogen) atoms. The Labute approximate surface area is 167 Å². The second-order valence-electron chi connectivity index (χ2n) is 7.20. The van der Waals surface area contributed by atoms with Gasteiger partial charge in [0.05, 0.1) is 32.0 Å². The van der Waals surface area contributed by atoms with Crippen molar-refractivity contribution < 1.29 is 18.6 Å². The summed E-state index contributed by atoms with van der Waals surface area (Å²) in [6.07, 6.45) is 2.20. The van der Waals surface area contributed by atoms with Crippen molar-refractivity contribution in [2.75, 3.05) is 66.3 Å². The zero-order valence-electron chi connectivity index (χ0n) is 17.1. The van der Waals surface area contributed by atoms with Crippen LogP contribution in [0.3, 0.4) is 0 Å². The van der Waals surface area contributed by atoms with E-state index in [2.05, 4.69) is 26.6 Å². The lowest BCUT2D eigenvalue weighted by atomic mass is 10.1. The van der Waals surface area contributed by atoms with Gasteiger partial charge in [-0.05, 0) is 31.9 Å². The molecule has 1 aromatic heterocycles. The van der Waals surface area contributed by atoms with Crippen molar-refractivity contribution in [3.8, 4) is 0 Å². The number of ether oxygens (including phenoxy) is 3. The number of hydrogen-bond donors (Lipinski definition) is 2. The number of furan rings is 1. The first-order chi connectivity index (χ1) is 13.8. The summed E-state index contributed by atoms with van der Waals surface area (Å²) >= 11 is 0. The molecule has 2 aliphatic heterocycles. The maximum atomic E-state index is 5.92. The molecule has 1 aromatic rings. The highest BCUT2D eigenvalue weighted by atomic mass is 16.5. The average Bonchev–Trinajstić information content (AvgIpc) is 3.39. The summed E-state index contributed by atoms with van der Waals surface area (Å²) in [6.45, 7) is 9.13. The maximum Gasteiger partial charge on any atom is 0.191 e. The summed E-state index contributed by atoms with van der Waals surface area (Å²) in [5.41, 5.74) is 0. The van der Waals surface area contributed by atoms with Crippen LogP contribution in [0.5, 0.6) is 0 Å². The van der Waals surface area contributed by atoms with E-state index in [0.717, 1.165) is 89.5 Å². The Bertz CT molecular complexity index is 595. The van der Waals surface area contributed by atoms with Crippen LogP contribution in [0, 0.1) is 6.92 Å². The van der Waals surface area contributed by atoms with E-state index in [0.29, 0.717) is 0 Å². The molecule has 0 aliphatic carbocycles. The molecule has 0 amide bonds. The van der Waals surface area contributed by atoms with E-state index in [1.165, 1.54) is 0 Å². The van der Waals surface area contributed by atoms with Gasteiger partial charge in [0, 0.05) is 46.4 Å². The van der Waals surface area contributed by atoms with Crippen LogP contribution in [0.4, 0.5) is 0 Å². The van der Waals surface area contributed by atoms with Gasteiger partial charge in [0.15, 0.2) is 5.96 Å². The van der Waals surface area contributed by atoms with E-state index < -0.39 is 0 Å². The molecule has 158 valence electrons. The van der Waals surface area contributed by atoms with E-state index in [4.69, 9.17) is 18.6 Å². The van der Waals surface area contributed by atoms with Gasteiger partial charge in [-0.2, -0.15) is 0 Å². The zero-order valence-corrected chi connectivity index (χ0v) is 17.1. The zero-order chi connectivity index (χ0) is 19.6. The summed E-state index contributed by atoms with van der Waals surface area (Å²) in [5.74, 6) is 2.71. The number of nitrogens with zero attached hydrogens (tertiary/aromatic N) is 2. The number of nitrogens with one attached hydrogen (secondary N) is 2. The molecule has 2 unspecified atom stereocenters. The Kier molecular flexibility index (Phi) is 8.60. The van der Waals surface area contributed by atoms with Crippen LogP contribution in [0.1, 0.15) is 30.4 Å². The molecule has 2 saturated heterocycles. The van der Waals surface area contributed by atoms with E-state index in [9.17, 15) is 0 Å². The standard InChI is InChI=1S/C20H34N4O4/c1-16-4-5-19(28-16)18(24-8-12-25-13-9-24)14-23-20(21-2)22-7-3-10-27-17-6-11-26-15-17/h4-5,17-18H,3,6-15H2,1-2H3,(H2,21,22,23). The molecule has 2 atom stereocenters. The van der Waals surface area contributed by atoms with Crippen LogP contribution in [-0.4, -0.2) is 83.2 Å². The third kappa shape index (κ3) is 6.48. The molecule has 2 N–H and O–H groups in total. The highest BCUT2D eigenvalue weighted by Gasteiger charge is 2.25. The van der Waals surface area contributed by atoms with Crippen molar-refractivity contribution in [2.45, 2.75) is 31.9 Å². The van der Waals surface area contributed by atoms with Crippen molar-refractivity contribution >= 4 is 5.96 Å². The Morgan fingerprint density at radius 2 is 2.11 bits per heavy atom. The molecule has 3 heterocycles. The van der Waals surface area contributed by atoms with Crippen LogP contribution in [0.15, 0.2) is 21.5 Å². The fraction of sp³-hybridized carbons (Fsp3) is 0.750. The quantitative estimate of drug-likeness (QED) is 0.371. The van der Waals surface area contributed by atoms with Crippen molar-refractivity contribution in [3.05, 3.63) is 23.7 Å². The molecule has 0 bridgehead atoms. The Morgan fingerprint density at radius 3 is 2.79 bits per heavy atom. The minimum absolute atomic E-state index is 0.154. The topological polar surface area (TPSA) is 80.5 Å². The third-order valence-electron chi connectivity index (χ3n) is 5.12.